The lowest BCUT2D eigenvalue weighted by Crippen LogP contribution is -2.48. The molecule has 0 radical (unpaired) electrons. The van der Waals surface area contributed by atoms with Gasteiger partial charge in [-0.2, -0.15) is 0 Å². The lowest BCUT2D eigenvalue weighted by molar-refractivity contribution is 0.0501. The lowest BCUT2D eigenvalue weighted by atomic mass is 9.87. The number of carbonyl (C=O) groups is 2. The van der Waals surface area contributed by atoms with E-state index in [0.29, 0.717) is 25.3 Å². The van der Waals surface area contributed by atoms with Crippen molar-refractivity contribution in [1.29, 1.82) is 0 Å². The van der Waals surface area contributed by atoms with Gasteiger partial charge in [0, 0.05) is 43.4 Å². The maximum Gasteiger partial charge on any atom is 0.410 e. The molecule has 33 heavy (non-hydrogen) atoms. The first kappa shape index (κ1) is 20.2. The van der Waals surface area contributed by atoms with E-state index in [-0.39, 0.29) is 35.8 Å². The molecular weight excluding hydrogens is 414 g/mol. The fraction of sp³-hybridized carbons (Fsp3) is 0.370. The second-order valence-corrected chi connectivity index (χ2v) is 9.49. The monoisotopic (exact) mass is 441 g/mol. The highest BCUT2D eigenvalue weighted by Crippen LogP contribution is 2.45. The van der Waals surface area contributed by atoms with Crippen molar-refractivity contribution < 1.29 is 14.3 Å². The summed E-state index contributed by atoms with van der Waals surface area (Å²) in [4.78, 5) is 32.3. The van der Waals surface area contributed by atoms with Crippen molar-refractivity contribution >= 4 is 11.9 Å². The highest BCUT2D eigenvalue weighted by Gasteiger charge is 2.46. The van der Waals surface area contributed by atoms with Crippen molar-refractivity contribution in [3.63, 3.8) is 0 Å². The number of fused-ring (bicyclic) bond motifs is 5. The van der Waals surface area contributed by atoms with Gasteiger partial charge in [0.15, 0.2) is 5.82 Å². The molecule has 2 saturated heterocycles. The van der Waals surface area contributed by atoms with Gasteiger partial charge in [0.25, 0.3) is 0 Å². The molecule has 2 aliphatic heterocycles. The molecule has 2 atom stereocenters. The van der Waals surface area contributed by atoms with Gasteiger partial charge in [0.2, 0.25) is 5.78 Å². The van der Waals surface area contributed by atoms with E-state index in [4.69, 9.17) is 4.74 Å². The Morgan fingerprint density at radius 2 is 1.58 bits per heavy atom. The van der Waals surface area contributed by atoms with Crippen LogP contribution in [0.25, 0.3) is 11.1 Å². The first-order valence-electron chi connectivity index (χ1n) is 11.8. The molecule has 0 spiro atoms. The molecule has 1 aliphatic carbocycles. The zero-order valence-electron chi connectivity index (χ0n) is 18.7. The molecule has 6 nitrogen and oxygen atoms in total. The summed E-state index contributed by atoms with van der Waals surface area (Å²) < 4.78 is 7.71. The normalized spacial score (nSPS) is 23.3. The zero-order valence-corrected chi connectivity index (χ0v) is 18.7. The standard InChI is InChI=1S/C27H27N3O3/c1-29-13-12-28-26(29)25(31)17-14-18-10-11-19(15-17)30(18)27(32)33-16-24-22-8-4-2-6-20(22)21-7-3-5-9-23(21)24/h2-9,12-13,17-19,24H,10-11,14-16H2,1H3. The van der Waals surface area contributed by atoms with Crippen LogP contribution in [-0.4, -0.2) is 45.0 Å². The van der Waals surface area contributed by atoms with Crippen molar-refractivity contribution in [2.24, 2.45) is 13.0 Å². The van der Waals surface area contributed by atoms with Crippen LogP contribution in [-0.2, 0) is 11.8 Å². The number of imidazole rings is 1. The molecule has 3 aliphatic rings. The number of hydrogen-bond acceptors (Lipinski definition) is 4. The van der Waals surface area contributed by atoms with E-state index in [1.165, 1.54) is 22.3 Å². The molecule has 2 bridgehead atoms. The number of hydrogen-bond donors (Lipinski definition) is 0. The average molecular weight is 442 g/mol. The summed E-state index contributed by atoms with van der Waals surface area (Å²) in [5.74, 6) is 0.573. The van der Waals surface area contributed by atoms with E-state index in [1.54, 1.807) is 17.0 Å². The van der Waals surface area contributed by atoms with Gasteiger partial charge in [-0.1, -0.05) is 48.5 Å². The van der Waals surface area contributed by atoms with E-state index < -0.39 is 0 Å². The Labute approximate surface area is 193 Å². The van der Waals surface area contributed by atoms with Gasteiger partial charge in [-0.05, 0) is 47.9 Å². The fourth-order valence-corrected chi connectivity index (χ4v) is 6.14. The van der Waals surface area contributed by atoms with E-state index in [9.17, 15) is 9.59 Å². The second-order valence-electron chi connectivity index (χ2n) is 9.49. The van der Waals surface area contributed by atoms with E-state index in [1.807, 2.05) is 24.1 Å². The SMILES string of the molecule is Cn1ccnc1C(=O)C1CC2CCC(C1)N2C(=O)OCC1c2ccccc2-c2ccccc21. The Bertz CT molecular complexity index is 1170. The summed E-state index contributed by atoms with van der Waals surface area (Å²) in [5, 5.41) is 0. The number of aromatic nitrogens is 2. The molecule has 3 heterocycles. The Kier molecular flexibility index (Phi) is 4.82. The van der Waals surface area contributed by atoms with Gasteiger partial charge >= 0.3 is 6.09 Å². The molecule has 0 saturated carbocycles. The zero-order chi connectivity index (χ0) is 22.5. The number of amides is 1. The predicted molar refractivity (Wildman–Crippen MR) is 124 cm³/mol. The number of Topliss-reactive ketones (excluding diaryl/α,β-unsaturated/α-hetero) is 1. The molecule has 0 N–H and O–H groups in total. The number of nitrogens with zero attached hydrogens (tertiary/aromatic N) is 3. The first-order chi connectivity index (χ1) is 16.1. The third kappa shape index (κ3) is 3.27. The smallest absolute Gasteiger partial charge is 0.410 e. The van der Waals surface area contributed by atoms with Crippen LogP contribution in [0.2, 0.25) is 0 Å². The largest absolute Gasteiger partial charge is 0.448 e. The number of ether oxygens (including phenoxy) is 1. The molecule has 6 heteroatoms. The summed E-state index contributed by atoms with van der Waals surface area (Å²) in [6, 6.07) is 16.9. The molecular formula is C27H27N3O3. The molecule has 2 aromatic carbocycles. The van der Waals surface area contributed by atoms with Crippen LogP contribution in [0.15, 0.2) is 60.9 Å². The minimum absolute atomic E-state index is 0.0570. The highest BCUT2D eigenvalue weighted by atomic mass is 16.6. The molecule has 168 valence electrons. The maximum absolute atomic E-state index is 13.2. The quantitative estimate of drug-likeness (QED) is 0.546. The lowest BCUT2D eigenvalue weighted by Gasteiger charge is -2.37. The predicted octanol–water partition coefficient (Wildman–Crippen LogP) is 4.79. The molecule has 1 aromatic heterocycles. The van der Waals surface area contributed by atoms with Crippen LogP contribution >= 0.6 is 0 Å². The van der Waals surface area contributed by atoms with Crippen molar-refractivity contribution in [3.8, 4) is 11.1 Å². The Morgan fingerprint density at radius 3 is 2.15 bits per heavy atom. The Hall–Kier alpha value is -3.41. The van der Waals surface area contributed by atoms with Crippen LogP contribution in [0, 0.1) is 5.92 Å². The number of rotatable bonds is 4. The number of ketones is 1. The van der Waals surface area contributed by atoms with Gasteiger partial charge in [-0.15, -0.1) is 0 Å². The van der Waals surface area contributed by atoms with Gasteiger partial charge in [0.05, 0.1) is 0 Å². The Balaban J connectivity index is 1.15. The maximum atomic E-state index is 13.2. The molecule has 3 aromatic rings. The minimum atomic E-state index is -0.243. The summed E-state index contributed by atoms with van der Waals surface area (Å²) in [7, 11) is 1.85. The number of carbonyl (C=O) groups excluding carboxylic acids is 2. The van der Waals surface area contributed by atoms with Gasteiger partial charge in [-0.3, -0.25) is 4.79 Å². The third-order valence-electron chi connectivity index (χ3n) is 7.69. The number of aryl methyl sites for hydroxylation is 1. The van der Waals surface area contributed by atoms with E-state index in [2.05, 4.69) is 41.4 Å². The molecule has 2 fully saturated rings. The summed E-state index contributed by atoms with van der Waals surface area (Å²) in [6.45, 7) is 0.332. The van der Waals surface area contributed by atoms with Crippen LogP contribution < -0.4 is 0 Å². The highest BCUT2D eigenvalue weighted by molar-refractivity contribution is 5.95. The van der Waals surface area contributed by atoms with Crippen molar-refractivity contribution in [2.75, 3.05) is 6.61 Å². The van der Waals surface area contributed by atoms with Crippen molar-refractivity contribution in [3.05, 3.63) is 77.9 Å². The Morgan fingerprint density at radius 1 is 0.970 bits per heavy atom. The van der Waals surface area contributed by atoms with Crippen molar-refractivity contribution in [1.82, 2.24) is 14.5 Å². The molecule has 2 unspecified atom stereocenters. The van der Waals surface area contributed by atoms with E-state index >= 15 is 0 Å². The average Bonchev–Trinajstić information content (AvgIpc) is 3.49. The summed E-state index contributed by atoms with van der Waals surface area (Å²) >= 11 is 0. The van der Waals surface area contributed by atoms with Crippen LogP contribution in [0.3, 0.4) is 0 Å². The van der Waals surface area contributed by atoms with Crippen LogP contribution in [0.4, 0.5) is 4.79 Å². The fourth-order valence-electron chi connectivity index (χ4n) is 6.14. The van der Waals surface area contributed by atoms with Crippen LogP contribution in [0.1, 0.15) is 53.3 Å². The van der Waals surface area contributed by atoms with Gasteiger partial charge in [-0.25, -0.2) is 9.78 Å². The minimum Gasteiger partial charge on any atom is -0.448 e. The molecule has 6 rings (SSSR count). The second kappa shape index (κ2) is 7.87. The number of benzene rings is 2. The summed E-state index contributed by atoms with van der Waals surface area (Å²) in [5.41, 5.74) is 4.88. The summed E-state index contributed by atoms with van der Waals surface area (Å²) in [6.07, 6.45) is 6.45. The third-order valence-corrected chi connectivity index (χ3v) is 7.69. The van der Waals surface area contributed by atoms with Crippen LogP contribution in [0.5, 0.6) is 0 Å². The molecule has 1 amide bonds. The van der Waals surface area contributed by atoms with Crippen molar-refractivity contribution in [2.45, 2.75) is 43.7 Å². The first-order valence-corrected chi connectivity index (χ1v) is 11.8. The topological polar surface area (TPSA) is 64.4 Å². The van der Waals surface area contributed by atoms with E-state index in [0.717, 1.165) is 12.8 Å². The van der Waals surface area contributed by atoms with Gasteiger partial charge in [0.1, 0.15) is 6.61 Å². The number of piperidine rings is 1. The van der Waals surface area contributed by atoms with Gasteiger partial charge < -0.3 is 14.2 Å².